The number of amides is 1. The summed E-state index contributed by atoms with van der Waals surface area (Å²) in [6.07, 6.45) is 6.23. The largest absolute Gasteiger partial charge is 0.321 e. The lowest BCUT2D eigenvalue weighted by atomic mass is 10.1. The molecule has 0 saturated carbocycles. The van der Waals surface area contributed by atoms with Crippen LogP contribution in [0.3, 0.4) is 0 Å². The molecule has 0 spiro atoms. The number of nitro benzene ring substituents is 1. The molecule has 0 aliphatic heterocycles. The third-order valence-corrected chi connectivity index (χ3v) is 4.73. The summed E-state index contributed by atoms with van der Waals surface area (Å²) in [6.45, 7) is 0. The van der Waals surface area contributed by atoms with E-state index in [-0.39, 0.29) is 17.2 Å². The van der Waals surface area contributed by atoms with Crippen molar-refractivity contribution in [3.8, 4) is 11.3 Å². The number of aromatic amines is 1. The van der Waals surface area contributed by atoms with Gasteiger partial charge in [0.15, 0.2) is 5.78 Å². The molecule has 9 heteroatoms. The Morgan fingerprint density at radius 1 is 1.00 bits per heavy atom. The molecule has 33 heavy (non-hydrogen) atoms. The average molecular weight is 439 g/mol. The van der Waals surface area contributed by atoms with Gasteiger partial charge in [-0.2, -0.15) is 5.10 Å². The molecule has 1 amide bonds. The molecular weight excluding hydrogens is 422 g/mol. The lowest BCUT2D eigenvalue weighted by molar-refractivity contribution is -0.384. The smallest absolute Gasteiger partial charge is 0.273 e. The Labute approximate surface area is 188 Å². The summed E-state index contributed by atoms with van der Waals surface area (Å²) in [5, 5.41) is 20.3. The molecule has 0 bridgehead atoms. The molecule has 0 aliphatic rings. The van der Waals surface area contributed by atoms with Gasteiger partial charge in [0.25, 0.3) is 11.6 Å². The van der Waals surface area contributed by atoms with Gasteiger partial charge in [0, 0.05) is 41.3 Å². The predicted molar refractivity (Wildman–Crippen MR) is 123 cm³/mol. The lowest BCUT2D eigenvalue weighted by Gasteiger charge is -2.05. The fraction of sp³-hybridized carbons (Fsp3) is 0. The van der Waals surface area contributed by atoms with Crippen molar-refractivity contribution in [1.82, 2.24) is 15.2 Å². The number of aromatic nitrogens is 3. The summed E-state index contributed by atoms with van der Waals surface area (Å²) in [7, 11) is 0. The summed E-state index contributed by atoms with van der Waals surface area (Å²) in [4.78, 5) is 39.3. The van der Waals surface area contributed by atoms with E-state index in [1.165, 1.54) is 18.2 Å². The summed E-state index contributed by atoms with van der Waals surface area (Å²) in [5.41, 5.74) is 3.18. The van der Waals surface area contributed by atoms with Crippen molar-refractivity contribution in [2.24, 2.45) is 0 Å². The van der Waals surface area contributed by atoms with Crippen LogP contribution in [0.25, 0.3) is 17.3 Å². The maximum atomic E-state index is 12.6. The minimum atomic E-state index is -0.484. The van der Waals surface area contributed by atoms with E-state index in [1.807, 2.05) is 0 Å². The number of non-ortho nitro benzene ring substituents is 1. The van der Waals surface area contributed by atoms with Gasteiger partial charge in [-0.1, -0.05) is 18.2 Å². The van der Waals surface area contributed by atoms with Crippen molar-refractivity contribution >= 4 is 29.1 Å². The number of H-pyrrole nitrogens is 1. The molecule has 2 N–H and O–H groups in total. The van der Waals surface area contributed by atoms with Crippen LogP contribution in [0, 0.1) is 10.1 Å². The Bertz CT molecular complexity index is 1340. The van der Waals surface area contributed by atoms with Crippen molar-refractivity contribution < 1.29 is 14.5 Å². The second kappa shape index (κ2) is 9.48. The van der Waals surface area contributed by atoms with Gasteiger partial charge in [-0.15, -0.1) is 0 Å². The predicted octanol–water partition coefficient (Wildman–Crippen LogP) is 4.53. The zero-order valence-corrected chi connectivity index (χ0v) is 17.1. The van der Waals surface area contributed by atoms with Gasteiger partial charge in [-0.05, 0) is 54.1 Å². The lowest BCUT2D eigenvalue weighted by Crippen LogP contribution is -2.12. The number of nitro groups is 1. The molecule has 0 fully saturated rings. The molecular formula is C24H17N5O4. The quantitative estimate of drug-likeness (QED) is 0.188. The van der Waals surface area contributed by atoms with Crippen LogP contribution in [-0.2, 0) is 0 Å². The molecule has 0 unspecified atom stereocenters. The highest BCUT2D eigenvalue weighted by Gasteiger charge is 2.12. The van der Waals surface area contributed by atoms with Crippen molar-refractivity contribution in [3.63, 3.8) is 0 Å². The van der Waals surface area contributed by atoms with Gasteiger partial charge in [0.05, 0.1) is 10.6 Å². The maximum Gasteiger partial charge on any atom is 0.273 e. The van der Waals surface area contributed by atoms with Crippen LogP contribution in [0.15, 0.2) is 85.2 Å². The molecule has 4 rings (SSSR count). The highest BCUT2D eigenvalue weighted by Crippen LogP contribution is 2.18. The number of rotatable bonds is 7. The first-order chi connectivity index (χ1) is 16.0. The number of anilines is 1. The van der Waals surface area contributed by atoms with Crippen LogP contribution in [-0.4, -0.2) is 31.8 Å². The van der Waals surface area contributed by atoms with Gasteiger partial charge in [-0.25, -0.2) is 0 Å². The van der Waals surface area contributed by atoms with Crippen molar-refractivity contribution in [1.29, 1.82) is 0 Å². The van der Waals surface area contributed by atoms with Crippen LogP contribution in [0.5, 0.6) is 0 Å². The molecule has 2 heterocycles. The summed E-state index contributed by atoms with van der Waals surface area (Å²) < 4.78 is 0. The first-order valence-electron chi connectivity index (χ1n) is 9.84. The van der Waals surface area contributed by atoms with Crippen molar-refractivity contribution in [3.05, 3.63) is 112 Å². The highest BCUT2D eigenvalue weighted by atomic mass is 16.6. The van der Waals surface area contributed by atoms with E-state index < -0.39 is 10.8 Å². The summed E-state index contributed by atoms with van der Waals surface area (Å²) in [5.74, 6) is -0.667. The number of ketones is 1. The van der Waals surface area contributed by atoms with E-state index in [0.717, 1.165) is 5.56 Å². The topological polar surface area (TPSA) is 131 Å². The fourth-order valence-corrected chi connectivity index (χ4v) is 3.03. The monoisotopic (exact) mass is 439 g/mol. The standard InChI is InChI=1S/C24H17N5O4/c30-23(9-6-16-4-7-20(8-5-16)29(32)33)18-2-1-3-19(14-18)26-24(31)22-15-21(27-28-22)17-10-12-25-13-11-17/h1-15H,(H,26,31)(H,27,28)/b9-6+. The molecule has 162 valence electrons. The number of carbonyl (C=O) groups excluding carboxylic acids is 2. The third-order valence-electron chi connectivity index (χ3n) is 4.73. The van der Waals surface area contributed by atoms with Gasteiger partial charge >= 0.3 is 0 Å². The first-order valence-corrected chi connectivity index (χ1v) is 9.84. The van der Waals surface area contributed by atoms with Crippen LogP contribution >= 0.6 is 0 Å². The normalized spacial score (nSPS) is 10.8. The second-order valence-corrected chi connectivity index (χ2v) is 6.98. The van der Waals surface area contributed by atoms with E-state index in [4.69, 9.17) is 0 Å². The number of hydrogen-bond donors (Lipinski definition) is 2. The Morgan fingerprint density at radius 2 is 1.76 bits per heavy atom. The van der Waals surface area contributed by atoms with Gasteiger partial charge in [0.2, 0.25) is 0 Å². The number of allylic oxidation sites excluding steroid dienone is 1. The van der Waals surface area contributed by atoms with Crippen molar-refractivity contribution in [2.45, 2.75) is 0 Å². The van der Waals surface area contributed by atoms with E-state index in [0.29, 0.717) is 22.5 Å². The van der Waals surface area contributed by atoms with E-state index >= 15 is 0 Å². The van der Waals surface area contributed by atoms with Crippen LogP contribution in [0.4, 0.5) is 11.4 Å². The molecule has 4 aromatic rings. The Balaban J connectivity index is 1.43. The number of benzene rings is 2. The number of pyridine rings is 1. The Hall–Kier alpha value is -4.92. The number of hydrogen-bond acceptors (Lipinski definition) is 6. The van der Waals surface area contributed by atoms with E-state index in [1.54, 1.807) is 73.1 Å². The van der Waals surface area contributed by atoms with Gasteiger partial charge in [-0.3, -0.25) is 29.8 Å². The molecule has 0 radical (unpaired) electrons. The number of nitrogens with zero attached hydrogens (tertiary/aromatic N) is 3. The fourth-order valence-electron chi connectivity index (χ4n) is 3.03. The second-order valence-electron chi connectivity index (χ2n) is 6.98. The van der Waals surface area contributed by atoms with E-state index in [2.05, 4.69) is 20.5 Å². The third kappa shape index (κ3) is 5.23. The van der Waals surface area contributed by atoms with Gasteiger partial charge < -0.3 is 5.32 Å². The van der Waals surface area contributed by atoms with Crippen LogP contribution < -0.4 is 5.32 Å². The zero-order chi connectivity index (χ0) is 23.2. The molecule has 0 saturated heterocycles. The zero-order valence-electron chi connectivity index (χ0n) is 17.1. The molecule has 0 aliphatic carbocycles. The summed E-state index contributed by atoms with van der Waals surface area (Å²) >= 11 is 0. The number of nitrogens with one attached hydrogen (secondary N) is 2. The average Bonchev–Trinajstić information content (AvgIpc) is 3.34. The van der Waals surface area contributed by atoms with E-state index in [9.17, 15) is 19.7 Å². The van der Waals surface area contributed by atoms with Gasteiger partial charge in [0.1, 0.15) is 5.69 Å². The molecule has 0 atom stereocenters. The maximum absolute atomic E-state index is 12.6. The van der Waals surface area contributed by atoms with Crippen molar-refractivity contribution in [2.75, 3.05) is 5.32 Å². The minimum absolute atomic E-state index is 0.0212. The highest BCUT2D eigenvalue weighted by molar-refractivity contribution is 6.08. The molecule has 2 aromatic carbocycles. The molecule has 2 aromatic heterocycles. The Kier molecular flexibility index (Phi) is 6.12. The number of carbonyl (C=O) groups is 2. The first kappa shape index (κ1) is 21.3. The minimum Gasteiger partial charge on any atom is -0.321 e. The molecule has 9 nitrogen and oxygen atoms in total. The van der Waals surface area contributed by atoms with Crippen LogP contribution in [0.1, 0.15) is 26.4 Å². The van der Waals surface area contributed by atoms with Crippen LogP contribution in [0.2, 0.25) is 0 Å². The summed E-state index contributed by atoms with van der Waals surface area (Å²) in [6, 6.07) is 17.6. The SMILES string of the molecule is O=C(/C=C/c1ccc([N+](=O)[O-])cc1)c1cccc(NC(=O)c2cc(-c3ccncc3)n[nH]2)c1. The Morgan fingerprint density at radius 3 is 2.48 bits per heavy atom.